The van der Waals surface area contributed by atoms with Gasteiger partial charge in [0, 0.05) is 45.3 Å². The summed E-state index contributed by atoms with van der Waals surface area (Å²) in [4.78, 5) is 13.7. The molecular weight excluding hydrogens is 393 g/mol. The first-order valence-electron chi connectivity index (χ1n) is 9.96. The third kappa shape index (κ3) is 4.06. The largest absolute Gasteiger partial charge is 0.356 e. The normalized spacial score (nSPS) is 18.4. The Kier molecular flexibility index (Phi) is 5.44. The molecule has 0 aliphatic carbocycles. The molecule has 4 rings (SSSR count). The van der Waals surface area contributed by atoms with Gasteiger partial charge in [0.05, 0.1) is 4.90 Å². The van der Waals surface area contributed by atoms with Crippen LogP contribution in [0.1, 0.15) is 24.2 Å². The summed E-state index contributed by atoms with van der Waals surface area (Å²) in [6, 6.07) is 5.81. The Bertz CT molecular complexity index is 1000. The topological polar surface area (TPSA) is 69.6 Å². The summed E-state index contributed by atoms with van der Waals surface area (Å²) in [6.07, 6.45) is 2.36. The van der Waals surface area contributed by atoms with Gasteiger partial charge >= 0.3 is 0 Å². The highest BCUT2D eigenvalue weighted by molar-refractivity contribution is 7.89. The summed E-state index contributed by atoms with van der Waals surface area (Å²) >= 11 is 0. The maximum Gasteiger partial charge on any atom is 0.243 e. The van der Waals surface area contributed by atoms with Gasteiger partial charge in [-0.15, -0.1) is 0 Å². The lowest BCUT2D eigenvalue weighted by Crippen LogP contribution is -2.49. The molecule has 2 aliphatic rings. The number of nitrogens with zero attached hydrogens (tertiary/aromatic N) is 5. The van der Waals surface area contributed by atoms with Gasteiger partial charge in [-0.2, -0.15) is 4.31 Å². The third-order valence-corrected chi connectivity index (χ3v) is 7.62. The van der Waals surface area contributed by atoms with Crippen molar-refractivity contribution in [2.24, 2.45) is 0 Å². The maximum absolute atomic E-state index is 13.4. The summed E-state index contributed by atoms with van der Waals surface area (Å²) in [6.45, 7) is 7.36. The van der Waals surface area contributed by atoms with Crippen LogP contribution in [-0.2, 0) is 10.0 Å². The minimum Gasteiger partial charge on any atom is -0.356 e. The highest BCUT2D eigenvalue weighted by atomic mass is 32.2. The van der Waals surface area contributed by atoms with E-state index in [4.69, 9.17) is 0 Å². The Balaban J connectivity index is 1.49. The van der Waals surface area contributed by atoms with Crippen molar-refractivity contribution in [2.75, 3.05) is 49.1 Å². The Morgan fingerprint density at radius 1 is 0.862 bits per heavy atom. The summed E-state index contributed by atoms with van der Waals surface area (Å²) < 4.78 is 40.8. The molecule has 29 heavy (non-hydrogen) atoms. The zero-order chi connectivity index (χ0) is 20.6. The lowest BCUT2D eigenvalue weighted by molar-refractivity contribution is 0.383. The molecule has 0 spiro atoms. The second-order valence-corrected chi connectivity index (χ2v) is 9.53. The first-order chi connectivity index (χ1) is 13.8. The van der Waals surface area contributed by atoms with Crippen molar-refractivity contribution in [3.63, 3.8) is 0 Å². The molecule has 3 heterocycles. The SMILES string of the molecule is Cc1nc(N2CCCC2)cc(N2CCN(S(=O)(=O)c3ccc(F)cc3C)CC2)n1. The van der Waals surface area contributed by atoms with Crippen LogP contribution >= 0.6 is 0 Å². The average Bonchev–Trinajstić information content (AvgIpc) is 3.22. The molecule has 0 amide bonds. The van der Waals surface area contributed by atoms with Crippen LogP contribution in [0.3, 0.4) is 0 Å². The maximum atomic E-state index is 13.4. The second-order valence-electron chi connectivity index (χ2n) is 7.63. The number of hydrogen-bond acceptors (Lipinski definition) is 6. The molecule has 0 radical (unpaired) electrons. The van der Waals surface area contributed by atoms with Gasteiger partial charge in [0.25, 0.3) is 0 Å². The Hall–Kier alpha value is -2.26. The number of piperazine rings is 1. The molecular formula is C20H26FN5O2S. The smallest absolute Gasteiger partial charge is 0.243 e. The van der Waals surface area contributed by atoms with Gasteiger partial charge in [-0.3, -0.25) is 0 Å². The number of aromatic nitrogens is 2. The predicted octanol–water partition coefficient (Wildman–Crippen LogP) is 2.34. The summed E-state index contributed by atoms with van der Waals surface area (Å²) in [5.41, 5.74) is 0.425. The average molecular weight is 420 g/mol. The highest BCUT2D eigenvalue weighted by Gasteiger charge is 2.30. The van der Waals surface area contributed by atoms with E-state index in [0.29, 0.717) is 31.7 Å². The zero-order valence-electron chi connectivity index (χ0n) is 16.8. The van der Waals surface area contributed by atoms with Gasteiger partial charge in [-0.05, 0) is 50.5 Å². The van der Waals surface area contributed by atoms with Crippen molar-refractivity contribution >= 4 is 21.7 Å². The van der Waals surface area contributed by atoms with Gasteiger partial charge in [0.1, 0.15) is 23.3 Å². The first-order valence-corrected chi connectivity index (χ1v) is 11.4. The predicted molar refractivity (Wildman–Crippen MR) is 110 cm³/mol. The molecule has 0 atom stereocenters. The number of hydrogen-bond donors (Lipinski definition) is 0. The van der Waals surface area contributed by atoms with Crippen LogP contribution in [-0.4, -0.2) is 62.0 Å². The fourth-order valence-corrected chi connectivity index (χ4v) is 5.63. The Labute approximate surface area is 171 Å². The number of rotatable bonds is 4. The monoisotopic (exact) mass is 419 g/mol. The fraction of sp³-hybridized carbons (Fsp3) is 0.500. The van der Waals surface area contributed by atoms with E-state index in [-0.39, 0.29) is 4.90 Å². The lowest BCUT2D eigenvalue weighted by Gasteiger charge is -2.35. The number of aryl methyl sites for hydroxylation is 2. The molecule has 156 valence electrons. The van der Waals surface area contributed by atoms with Crippen LogP contribution in [0.25, 0.3) is 0 Å². The second kappa shape index (κ2) is 7.87. The van der Waals surface area contributed by atoms with Crippen molar-refractivity contribution in [3.05, 3.63) is 41.5 Å². The number of halogens is 1. The first kappa shape index (κ1) is 20.0. The van der Waals surface area contributed by atoms with Crippen molar-refractivity contribution in [2.45, 2.75) is 31.6 Å². The molecule has 1 aromatic carbocycles. The molecule has 0 N–H and O–H groups in total. The van der Waals surface area contributed by atoms with Gasteiger partial charge in [-0.25, -0.2) is 22.8 Å². The van der Waals surface area contributed by atoms with E-state index in [1.807, 2.05) is 13.0 Å². The van der Waals surface area contributed by atoms with E-state index < -0.39 is 15.8 Å². The van der Waals surface area contributed by atoms with Crippen LogP contribution in [0.5, 0.6) is 0 Å². The van der Waals surface area contributed by atoms with E-state index in [0.717, 1.165) is 30.5 Å². The van der Waals surface area contributed by atoms with Crippen LogP contribution in [0.15, 0.2) is 29.2 Å². The van der Waals surface area contributed by atoms with Crippen LogP contribution < -0.4 is 9.80 Å². The minimum absolute atomic E-state index is 0.168. The van der Waals surface area contributed by atoms with Crippen molar-refractivity contribution in [1.29, 1.82) is 0 Å². The van der Waals surface area contributed by atoms with Crippen LogP contribution in [0.4, 0.5) is 16.0 Å². The molecule has 0 unspecified atom stereocenters. The quantitative estimate of drug-likeness (QED) is 0.758. The lowest BCUT2D eigenvalue weighted by atomic mass is 10.2. The molecule has 2 aliphatic heterocycles. The molecule has 2 aromatic rings. The molecule has 9 heteroatoms. The number of anilines is 2. The van der Waals surface area contributed by atoms with E-state index in [9.17, 15) is 12.8 Å². The van der Waals surface area contributed by atoms with Crippen molar-refractivity contribution in [1.82, 2.24) is 14.3 Å². The Morgan fingerprint density at radius 2 is 1.45 bits per heavy atom. The van der Waals surface area contributed by atoms with Crippen molar-refractivity contribution < 1.29 is 12.8 Å². The van der Waals surface area contributed by atoms with Gasteiger partial charge in [0.15, 0.2) is 0 Å². The standard InChI is InChI=1S/C20H26FN5O2S/c1-15-13-17(21)5-6-18(15)29(27,28)26-11-9-25(10-12-26)20-14-19(22-16(2)23-20)24-7-3-4-8-24/h5-6,13-14H,3-4,7-12H2,1-2H3. The molecule has 2 fully saturated rings. The van der Waals surface area contributed by atoms with Gasteiger partial charge < -0.3 is 9.80 Å². The molecule has 0 saturated carbocycles. The molecule has 7 nitrogen and oxygen atoms in total. The van der Waals surface area contributed by atoms with E-state index in [2.05, 4.69) is 19.8 Å². The van der Waals surface area contributed by atoms with E-state index >= 15 is 0 Å². The molecule has 0 bridgehead atoms. The minimum atomic E-state index is -3.65. The van der Waals surface area contributed by atoms with E-state index in [1.54, 1.807) is 6.92 Å². The van der Waals surface area contributed by atoms with E-state index in [1.165, 1.54) is 35.3 Å². The third-order valence-electron chi connectivity index (χ3n) is 5.56. The molecule has 1 aromatic heterocycles. The molecule has 2 saturated heterocycles. The summed E-state index contributed by atoms with van der Waals surface area (Å²) in [5, 5.41) is 0. The fourth-order valence-electron chi connectivity index (χ4n) is 4.01. The van der Waals surface area contributed by atoms with Gasteiger partial charge in [-0.1, -0.05) is 0 Å². The number of sulfonamides is 1. The van der Waals surface area contributed by atoms with Crippen LogP contribution in [0.2, 0.25) is 0 Å². The number of benzene rings is 1. The highest BCUT2D eigenvalue weighted by Crippen LogP contribution is 2.26. The Morgan fingerprint density at radius 3 is 2.03 bits per heavy atom. The van der Waals surface area contributed by atoms with Crippen molar-refractivity contribution in [3.8, 4) is 0 Å². The zero-order valence-corrected chi connectivity index (χ0v) is 17.6. The summed E-state index contributed by atoms with van der Waals surface area (Å²) in [5.74, 6) is 2.08. The van der Waals surface area contributed by atoms with Crippen LogP contribution in [0, 0.1) is 19.7 Å². The summed E-state index contributed by atoms with van der Waals surface area (Å²) in [7, 11) is -3.65. The van der Waals surface area contributed by atoms with Gasteiger partial charge in [0.2, 0.25) is 10.0 Å².